The van der Waals surface area contributed by atoms with Crippen LogP contribution in [0.1, 0.15) is 60.2 Å². The quantitative estimate of drug-likeness (QED) is 0.526. The maximum atomic E-state index is 9.64. The number of carboxylic acid groups (broad SMARTS) is 2. The van der Waals surface area contributed by atoms with Crippen molar-refractivity contribution in [1.29, 1.82) is 0 Å². The Hall–Kier alpha value is -2.82. The van der Waals surface area contributed by atoms with E-state index in [0.717, 1.165) is 56.3 Å². The highest BCUT2D eigenvalue weighted by Gasteiger charge is 2.29. The van der Waals surface area contributed by atoms with Crippen LogP contribution in [0.15, 0.2) is 29.3 Å². The van der Waals surface area contributed by atoms with E-state index in [9.17, 15) is 9.59 Å². The van der Waals surface area contributed by atoms with E-state index in [0.29, 0.717) is 12.0 Å². The first-order chi connectivity index (χ1) is 16.8. The number of fused-ring (bicyclic) bond motifs is 2. The number of methoxy groups -OCH3 is 1. The van der Waals surface area contributed by atoms with Gasteiger partial charge in [0, 0.05) is 56.6 Å². The van der Waals surface area contributed by atoms with Gasteiger partial charge in [0.2, 0.25) is 0 Å². The van der Waals surface area contributed by atoms with Crippen LogP contribution in [0.5, 0.6) is 0 Å². The minimum absolute atomic E-state index is 0.296. The molecule has 1 atom stereocenters. The molecule has 3 N–H and O–H groups in total. The van der Waals surface area contributed by atoms with E-state index in [1.807, 2.05) is 11.3 Å². The van der Waals surface area contributed by atoms with Gasteiger partial charge in [-0.2, -0.15) is 0 Å². The van der Waals surface area contributed by atoms with Crippen molar-refractivity contribution in [2.45, 2.75) is 51.5 Å². The highest BCUT2D eigenvalue weighted by molar-refractivity contribution is 7.12. The highest BCUT2D eigenvalue weighted by Crippen LogP contribution is 2.34. The molecule has 0 amide bonds. The van der Waals surface area contributed by atoms with Gasteiger partial charge in [-0.15, -0.1) is 11.3 Å². The highest BCUT2D eigenvalue weighted by atomic mass is 32.1. The van der Waals surface area contributed by atoms with Gasteiger partial charge in [-0.3, -0.25) is 9.59 Å². The Labute approximate surface area is 209 Å². The minimum atomic E-state index is -1.08. The summed E-state index contributed by atoms with van der Waals surface area (Å²) in [5, 5.41) is 20.6. The van der Waals surface area contributed by atoms with Crippen molar-refractivity contribution in [2.24, 2.45) is 4.99 Å². The van der Waals surface area contributed by atoms with Crippen LogP contribution in [-0.4, -0.2) is 77.3 Å². The van der Waals surface area contributed by atoms with Crippen LogP contribution in [0.3, 0.4) is 0 Å². The van der Waals surface area contributed by atoms with Gasteiger partial charge in [-0.25, -0.2) is 9.98 Å². The molecule has 0 spiro atoms. The molecule has 190 valence electrons. The number of rotatable bonds is 7. The number of aliphatic imine (C=N–C) groups is 1. The Morgan fingerprint density at radius 2 is 1.94 bits per heavy atom. The number of aromatic nitrogens is 1. The molecule has 0 saturated carbocycles. The molecule has 2 aliphatic rings. The number of para-hydroxylation sites is 1. The van der Waals surface area contributed by atoms with Crippen molar-refractivity contribution in [3.63, 3.8) is 0 Å². The molecule has 0 unspecified atom stereocenters. The Bertz CT molecular complexity index is 1040. The van der Waals surface area contributed by atoms with E-state index < -0.39 is 11.9 Å². The van der Waals surface area contributed by atoms with Crippen molar-refractivity contribution in [2.75, 3.05) is 33.4 Å². The lowest BCUT2D eigenvalue weighted by molar-refractivity contribution is -0.143. The first-order valence-electron chi connectivity index (χ1n) is 11.9. The molecule has 1 saturated heterocycles. The standard InChI is InChI=1S/C21H28N4OS.C4H6O4/c1-14(2)21-24-19-18(27-21)12-15-6-4-5-7-17(15)23-20(19)25-10-9-22-16(13-25)8-11-26-3;5-3(6)1-2-4(7)8/h4-7,14,16,22H,8-13H2,1-3H3;1-2H2,(H,5,6)(H,7,8)/t16-;/m0./s1. The molecule has 35 heavy (non-hydrogen) atoms. The van der Waals surface area contributed by atoms with Crippen molar-refractivity contribution in [1.82, 2.24) is 15.2 Å². The van der Waals surface area contributed by atoms with Gasteiger partial charge in [0.15, 0.2) is 5.84 Å². The third-order valence-corrected chi connectivity index (χ3v) is 7.12. The molecule has 9 nitrogen and oxygen atoms in total. The van der Waals surface area contributed by atoms with Gasteiger partial charge >= 0.3 is 11.9 Å². The Morgan fingerprint density at radius 3 is 2.60 bits per heavy atom. The average molecular weight is 503 g/mol. The monoisotopic (exact) mass is 502 g/mol. The molecule has 2 aliphatic heterocycles. The van der Waals surface area contributed by atoms with Crippen LogP contribution in [0.25, 0.3) is 0 Å². The molecule has 10 heteroatoms. The zero-order chi connectivity index (χ0) is 25.4. The van der Waals surface area contributed by atoms with E-state index >= 15 is 0 Å². The fraction of sp³-hybridized carbons (Fsp3) is 0.520. The van der Waals surface area contributed by atoms with Gasteiger partial charge in [-0.05, 0) is 18.1 Å². The van der Waals surface area contributed by atoms with Crippen LogP contribution in [0.4, 0.5) is 5.69 Å². The Balaban J connectivity index is 0.000000371. The second-order valence-electron chi connectivity index (χ2n) is 8.89. The molecule has 4 rings (SSSR count). The van der Waals surface area contributed by atoms with Crippen molar-refractivity contribution >= 4 is 34.8 Å². The first-order valence-corrected chi connectivity index (χ1v) is 12.7. The maximum absolute atomic E-state index is 9.64. The summed E-state index contributed by atoms with van der Waals surface area (Å²) < 4.78 is 5.28. The van der Waals surface area contributed by atoms with E-state index in [1.54, 1.807) is 7.11 Å². The average Bonchev–Trinajstić information content (AvgIpc) is 3.18. The number of thiazole rings is 1. The van der Waals surface area contributed by atoms with Gasteiger partial charge < -0.3 is 25.2 Å². The maximum Gasteiger partial charge on any atom is 0.303 e. The van der Waals surface area contributed by atoms with Crippen LogP contribution < -0.4 is 5.32 Å². The van der Waals surface area contributed by atoms with Gasteiger partial charge in [0.25, 0.3) is 0 Å². The molecular formula is C25H34N4O5S. The smallest absolute Gasteiger partial charge is 0.303 e. The molecule has 0 aliphatic carbocycles. The summed E-state index contributed by atoms with van der Waals surface area (Å²) in [5.74, 6) is -0.669. The minimum Gasteiger partial charge on any atom is -0.481 e. The number of hydrogen-bond donors (Lipinski definition) is 3. The summed E-state index contributed by atoms with van der Waals surface area (Å²) in [6, 6.07) is 8.92. The number of piperazine rings is 1. The summed E-state index contributed by atoms with van der Waals surface area (Å²) in [7, 11) is 1.77. The first kappa shape index (κ1) is 26.8. The van der Waals surface area contributed by atoms with Gasteiger partial charge in [-0.1, -0.05) is 32.0 Å². The number of amidine groups is 1. The van der Waals surface area contributed by atoms with Crippen LogP contribution in [0.2, 0.25) is 0 Å². The molecule has 3 heterocycles. The lowest BCUT2D eigenvalue weighted by Crippen LogP contribution is -2.53. The molecule has 1 fully saturated rings. The Kier molecular flexibility index (Phi) is 9.76. The van der Waals surface area contributed by atoms with Crippen molar-refractivity contribution < 1.29 is 24.5 Å². The van der Waals surface area contributed by atoms with E-state index in [2.05, 4.69) is 48.3 Å². The van der Waals surface area contributed by atoms with Crippen LogP contribution in [-0.2, 0) is 20.7 Å². The summed E-state index contributed by atoms with van der Waals surface area (Å²) in [4.78, 5) is 33.2. The van der Waals surface area contributed by atoms with E-state index in [4.69, 9.17) is 24.9 Å². The Morgan fingerprint density at radius 1 is 1.23 bits per heavy atom. The second-order valence-corrected chi connectivity index (χ2v) is 10.0. The number of nitrogens with one attached hydrogen (secondary N) is 1. The van der Waals surface area contributed by atoms with Crippen LogP contribution >= 0.6 is 11.3 Å². The predicted octanol–water partition coefficient (Wildman–Crippen LogP) is 3.50. The fourth-order valence-corrected chi connectivity index (χ4v) is 5.01. The predicted molar refractivity (Wildman–Crippen MR) is 136 cm³/mol. The normalized spacial score (nSPS) is 17.0. The molecular weight excluding hydrogens is 468 g/mol. The number of benzene rings is 1. The number of ether oxygens (including phenoxy) is 1. The lowest BCUT2D eigenvalue weighted by atomic mass is 10.1. The lowest BCUT2D eigenvalue weighted by Gasteiger charge is -2.35. The topological polar surface area (TPSA) is 124 Å². The number of carboxylic acids is 2. The molecule has 0 radical (unpaired) electrons. The van der Waals surface area contributed by atoms with Crippen molar-refractivity contribution in [3.05, 3.63) is 45.4 Å². The second kappa shape index (κ2) is 12.8. The zero-order valence-corrected chi connectivity index (χ0v) is 21.3. The summed E-state index contributed by atoms with van der Waals surface area (Å²) in [6.07, 6.45) is 1.34. The summed E-state index contributed by atoms with van der Waals surface area (Å²) >= 11 is 1.85. The zero-order valence-electron chi connectivity index (χ0n) is 20.5. The molecule has 1 aromatic heterocycles. The SMILES string of the molecule is COCC[C@H]1CN(C2=Nc3ccccc3Cc3sc(C(C)C)nc32)CCN1.O=C(O)CCC(=O)O. The third-order valence-electron chi connectivity index (χ3n) is 5.77. The number of nitrogens with zero attached hydrogens (tertiary/aromatic N) is 3. The van der Waals surface area contributed by atoms with E-state index in [1.165, 1.54) is 15.4 Å². The van der Waals surface area contributed by atoms with Crippen molar-refractivity contribution in [3.8, 4) is 0 Å². The molecule has 0 bridgehead atoms. The van der Waals surface area contributed by atoms with E-state index in [-0.39, 0.29) is 12.8 Å². The van der Waals surface area contributed by atoms with Gasteiger partial charge in [0.1, 0.15) is 5.69 Å². The molecule has 2 aromatic rings. The molecule has 1 aromatic carbocycles. The summed E-state index contributed by atoms with van der Waals surface area (Å²) in [5.41, 5.74) is 3.46. The van der Waals surface area contributed by atoms with Crippen LogP contribution in [0, 0.1) is 0 Å². The third kappa shape index (κ3) is 7.58. The number of aliphatic carboxylic acids is 2. The number of hydrogen-bond acceptors (Lipinski definition) is 8. The largest absolute Gasteiger partial charge is 0.481 e. The fourth-order valence-electron chi connectivity index (χ4n) is 3.93. The number of carbonyl (C=O) groups is 2. The summed E-state index contributed by atoms with van der Waals surface area (Å²) in [6.45, 7) is 8.08. The van der Waals surface area contributed by atoms with Gasteiger partial charge in [0.05, 0.1) is 23.5 Å².